The van der Waals surface area contributed by atoms with Gasteiger partial charge in [-0.05, 0) is 30.3 Å². The minimum Gasteiger partial charge on any atom is -0.506 e. The van der Waals surface area contributed by atoms with Gasteiger partial charge in [-0.2, -0.15) is 0 Å². The van der Waals surface area contributed by atoms with Gasteiger partial charge < -0.3 is 15.0 Å². The number of fused-ring (bicyclic) bond motifs is 1. The molecule has 0 atom stereocenters. The minimum atomic E-state index is -0.670. The zero-order valence-corrected chi connectivity index (χ0v) is 13.0. The van der Waals surface area contributed by atoms with Crippen LogP contribution in [0, 0.1) is 0 Å². The summed E-state index contributed by atoms with van der Waals surface area (Å²) in [7, 11) is 1.54. The third-order valence-electron chi connectivity index (χ3n) is 3.59. The first-order valence-electron chi connectivity index (χ1n) is 6.86. The van der Waals surface area contributed by atoms with Crippen LogP contribution in [-0.2, 0) is 7.05 Å². The average molecular weight is 329 g/mol. The summed E-state index contributed by atoms with van der Waals surface area (Å²) in [6.45, 7) is 0. The van der Waals surface area contributed by atoms with Crippen molar-refractivity contribution in [3.63, 3.8) is 0 Å². The van der Waals surface area contributed by atoms with E-state index in [9.17, 15) is 14.7 Å². The molecule has 0 saturated carbocycles. The number of halogens is 1. The number of anilines is 1. The first-order chi connectivity index (χ1) is 11.0. The Morgan fingerprint density at radius 1 is 1.17 bits per heavy atom. The summed E-state index contributed by atoms with van der Waals surface area (Å²) < 4.78 is 1.31. The monoisotopic (exact) mass is 328 g/mol. The number of para-hydroxylation sites is 1. The molecule has 0 aliphatic rings. The molecule has 0 radical (unpaired) electrons. The molecule has 0 spiro atoms. The van der Waals surface area contributed by atoms with Crippen LogP contribution in [0.1, 0.15) is 10.4 Å². The molecule has 0 aliphatic heterocycles. The molecular weight excluding hydrogens is 316 g/mol. The Hall–Kier alpha value is -2.79. The minimum absolute atomic E-state index is 0.314. The van der Waals surface area contributed by atoms with E-state index in [1.165, 1.54) is 17.7 Å². The van der Waals surface area contributed by atoms with Gasteiger partial charge in [-0.1, -0.05) is 29.8 Å². The lowest BCUT2D eigenvalue weighted by molar-refractivity contribution is 0.102. The summed E-state index contributed by atoms with van der Waals surface area (Å²) in [5.41, 5.74) is 0.134. The van der Waals surface area contributed by atoms with Crippen molar-refractivity contribution in [1.82, 2.24) is 4.57 Å². The highest BCUT2D eigenvalue weighted by Gasteiger charge is 2.21. The number of hydrogen-bond donors (Lipinski definition) is 2. The van der Waals surface area contributed by atoms with Crippen LogP contribution in [0.4, 0.5) is 5.69 Å². The molecule has 116 valence electrons. The Kier molecular flexibility index (Phi) is 3.80. The summed E-state index contributed by atoms with van der Waals surface area (Å²) in [6, 6.07) is 13.5. The van der Waals surface area contributed by atoms with Crippen LogP contribution in [0.3, 0.4) is 0 Å². The predicted molar refractivity (Wildman–Crippen MR) is 90.3 cm³/mol. The van der Waals surface area contributed by atoms with Crippen LogP contribution in [0.2, 0.25) is 5.02 Å². The number of rotatable bonds is 2. The Balaban J connectivity index is 2.17. The Bertz CT molecular complexity index is 965. The zero-order valence-electron chi connectivity index (χ0n) is 12.2. The van der Waals surface area contributed by atoms with Gasteiger partial charge in [-0.15, -0.1) is 0 Å². The van der Waals surface area contributed by atoms with Crippen LogP contribution in [-0.4, -0.2) is 15.6 Å². The number of aryl methyl sites for hydroxylation is 1. The second-order valence-corrected chi connectivity index (χ2v) is 5.51. The number of amides is 1. The molecule has 3 rings (SSSR count). The van der Waals surface area contributed by atoms with Crippen LogP contribution in [0.5, 0.6) is 5.75 Å². The highest BCUT2D eigenvalue weighted by molar-refractivity contribution is 6.31. The number of aromatic hydroxyl groups is 1. The molecule has 0 fully saturated rings. The van der Waals surface area contributed by atoms with Crippen molar-refractivity contribution in [2.24, 2.45) is 7.05 Å². The molecule has 5 nitrogen and oxygen atoms in total. The number of pyridine rings is 1. The van der Waals surface area contributed by atoms with Crippen molar-refractivity contribution >= 4 is 34.1 Å². The highest BCUT2D eigenvalue weighted by atomic mass is 35.5. The maximum absolute atomic E-state index is 12.4. The molecule has 1 heterocycles. The molecule has 2 N–H and O–H groups in total. The van der Waals surface area contributed by atoms with E-state index >= 15 is 0 Å². The molecule has 0 bridgehead atoms. The van der Waals surface area contributed by atoms with Crippen molar-refractivity contribution in [3.05, 3.63) is 69.5 Å². The van der Waals surface area contributed by atoms with Crippen molar-refractivity contribution in [2.45, 2.75) is 0 Å². The smallest absolute Gasteiger partial charge is 0.267 e. The number of carbonyl (C=O) groups excluding carboxylic acids is 1. The molecule has 6 heteroatoms. The lowest BCUT2D eigenvalue weighted by Gasteiger charge is -2.12. The summed E-state index contributed by atoms with van der Waals surface area (Å²) in [5.74, 6) is -1.05. The van der Waals surface area contributed by atoms with Gasteiger partial charge in [0.1, 0.15) is 11.3 Å². The van der Waals surface area contributed by atoms with Gasteiger partial charge >= 0.3 is 0 Å². The molecule has 3 aromatic rings. The zero-order chi connectivity index (χ0) is 16.6. The molecule has 2 aromatic carbocycles. The van der Waals surface area contributed by atoms with Crippen LogP contribution >= 0.6 is 11.6 Å². The number of nitrogens with zero attached hydrogens (tertiary/aromatic N) is 1. The SMILES string of the molecule is Cn1c(=O)c(C(=O)Nc2ccccc2)c(O)c2cc(Cl)ccc21. The van der Waals surface area contributed by atoms with Gasteiger partial charge in [0.2, 0.25) is 0 Å². The summed E-state index contributed by atoms with van der Waals surface area (Å²) in [5, 5.41) is 13.7. The summed E-state index contributed by atoms with van der Waals surface area (Å²) >= 11 is 5.95. The van der Waals surface area contributed by atoms with Crippen LogP contribution < -0.4 is 10.9 Å². The van der Waals surface area contributed by atoms with E-state index in [4.69, 9.17) is 11.6 Å². The fourth-order valence-corrected chi connectivity index (χ4v) is 2.60. The van der Waals surface area contributed by atoms with E-state index in [2.05, 4.69) is 5.32 Å². The quantitative estimate of drug-likeness (QED) is 0.759. The largest absolute Gasteiger partial charge is 0.506 e. The van der Waals surface area contributed by atoms with Crippen molar-refractivity contribution in [1.29, 1.82) is 0 Å². The van der Waals surface area contributed by atoms with Gasteiger partial charge in [0, 0.05) is 23.1 Å². The van der Waals surface area contributed by atoms with Gasteiger partial charge in [0.25, 0.3) is 11.5 Å². The van der Waals surface area contributed by atoms with Crippen molar-refractivity contribution < 1.29 is 9.90 Å². The number of carbonyl (C=O) groups is 1. The standard InChI is InChI=1S/C17H13ClN2O3/c1-20-13-8-7-10(18)9-12(13)15(21)14(17(20)23)16(22)19-11-5-3-2-4-6-11/h2-9,21H,1H3,(H,19,22). The second kappa shape index (κ2) is 5.78. The van der Waals surface area contributed by atoms with Gasteiger partial charge in [-0.25, -0.2) is 0 Å². The van der Waals surface area contributed by atoms with E-state index in [0.29, 0.717) is 21.6 Å². The van der Waals surface area contributed by atoms with Gasteiger partial charge in [0.15, 0.2) is 0 Å². The molecule has 1 amide bonds. The highest BCUT2D eigenvalue weighted by Crippen LogP contribution is 2.29. The Morgan fingerprint density at radius 2 is 1.87 bits per heavy atom. The number of hydrogen-bond acceptors (Lipinski definition) is 3. The first kappa shape index (κ1) is 15.1. The second-order valence-electron chi connectivity index (χ2n) is 5.07. The maximum Gasteiger partial charge on any atom is 0.267 e. The lowest BCUT2D eigenvalue weighted by atomic mass is 10.1. The van der Waals surface area contributed by atoms with Crippen LogP contribution in [0.15, 0.2) is 53.3 Å². The van der Waals surface area contributed by atoms with Gasteiger partial charge in [-0.3, -0.25) is 9.59 Å². The normalized spacial score (nSPS) is 10.7. The predicted octanol–water partition coefficient (Wildman–Crippen LogP) is 3.15. The summed E-state index contributed by atoms with van der Waals surface area (Å²) in [4.78, 5) is 24.8. The first-order valence-corrected chi connectivity index (χ1v) is 7.24. The number of benzene rings is 2. The molecule has 0 unspecified atom stereocenters. The van der Waals surface area contributed by atoms with Crippen LogP contribution in [0.25, 0.3) is 10.9 Å². The molecule has 0 aliphatic carbocycles. The summed E-state index contributed by atoms with van der Waals surface area (Å²) in [6.07, 6.45) is 0. The average Bonchev–Trinajstić information content (AvgIpc) is 2.54. The Morgan fingerprint density at radius 3 is 2.57 bits per heavy atom. The fraction of sp³-hybridized carbons (Fsp3) is 0.0588. The van der Waals surface area contributed by atoms with E-state index in [1.54, 1.807) is 36.4 Å². The Labute approximate surface area is 136 Å². The topological polar surface area (TPSA) is 71.3 Å². The van der Waals surface area contributed by atoms with E-state index < -0.39 is 11.5 Å². The van der Waals surface area contributed by atoms with Crippen molar-refractivity contribution in [2.75, 3.05) is 5.32 Å². The van der Waals surface area contributed by atoms with E-state index in [-0.39, 0.29) is 11.3 Å². The third kappa shape index (κ3) is 2.66. The lowest BCUT2D eigenvalue weighted by Crippen LogP contribution is -2.28. The third-order valence-corrected chi connectivity index (χ3v) is 3.82. The molecule has 23 heavy (non-hydrogen) atoms. The molecular formula is C17H13ClN2O3. The maximum atomic E-state index is 12.4. The molecule has 1 aromatic heterocycles. The van der Waals surface area contributed by atoms with Crippen molar-refractivity contribution in [3.8, 4) is 5.75 Å². The van der Waals surface area contributed by atoms with E-state index in [0.717, 1.165) is 0 Å². The number of aromatic nitrogens is 1. The van der Waals surface area contributed by atoms with Gasteiger partial charge in [0.05, 0.1) is 5.52 Å². The van der Waals surface area contributed by atoms with E-state index in [1.807, 2.05) is 6.07 Å². The number of nitrogens with one attached hydrogen (secondary N) is 1. The molecule has 0 saturated heterocycles. The fourth-order valence-electron chi connectivity index (χ4n) is 2.42.